The first-order chi connectivity index (χ1) is 7.16. The third-order valence-electron chi connectivity index (χ3n) is 3.17. The van der Waals surface area contributed by atoms with Crippen LogP contribution in [0.5, 0.6) is 0 Å². The summed E-state index contributed by atoms with van der Waals surface area (Å²) < 4.78 is 0. The van der Waals surface area contributed by atoms with Gasteiger partial charge in [-0.15, -0.1) is 0 Å². The quantitative estimate of drug-likeness (QED) is 0.729. The van der Waals surface area contributed by atoms with Crippen molar-refractivity contribution in [3.05, 3.63) is 0 Å². The van der Waals surface area contributed by atoms with E-state index in [4.69, 9.17) is 5.73 Å². The van der Waals surface area contributed by atoms with Crippen LogP contribution in [0.2, 0.25) is 0 Å². The van der Waals surface area contributed by atoms with Crippen LogP contribution in [0.25, 0.3) is 0 Å². The molecule has 1 amide bonds. The molecule has 0 radical (unpaired) electrons. The molecule has 0 saturated carbocycles. The molecule has 1 saturated heterocycles. The molecule has 1 aliphatic heterocycles. The summed E-state index contributed by atoms with van der Waals surface area (Å²) in [6, 6.07) is -0.0355. The van der Waals surface area contributed by atoms with Crippen molar-refractivity contribution < 1.29 is 4.79 Å². The highest BCUT2D eigenvalue weighted by Crippen LogP contribution is 2.11. The van der Waals surface area contributed by atoms with Gasteiger partial charge >= 0.3 is 0 Å². The molecule has 1 aliphatic rings. The van der Waals surface area contributed by atoms with Gasteiger partial charge in [0.1, 0.15) is 0 Å². The Balaban J connectivity index is 2.43. The summed E-state index contributed by atoms with van der Waals surface area (Å²) in [5.41, 5.74) is 5.48. The Labute approximate surface area is 92.4 Å². The number of likely N-dealkylation sites (tertiary alicyclic amines) is 1. The van der Waals surface area contributed by atoms with E-state index in [9.17, 15) is 4.79 Å². The van der Waals surface area contributed by atoms with E-state index in [1.807, 2.05) is 23.8 Å². The van der Waals surface area contributed by atoms with Crippen LogP contribution in [0.4, 0.5) is 0 Å². The highest BCUT2D eigenvalue weighted by molar-refractivity contribution is 5.81. The number of nitrogens with zero attached hydrogens (tertiary/aromatic N) is 2. The number of nitrogens with two attached hydrogens (primary N) is 1. The smallest absolute Gasteiger partial charge is 0.239 e. The molecule has 1 heterocycles. The van der Waals surface area contributed by atoms with E-state index in [1.165, 1.54) is 6.42 Å². The molecule has 0 aromatic carbocycles. The van der Waals surface area contributed by atoms with E-state index in [1.54, 1.807) is 0 Å². The zero-order valence-electron chi connectivity index (χ0n) is 9.91. The summed E-state index contributed by atoms with van der Waals surface area (Å²) in [5, 5.41) is 0. The van der Waals surface area contributed by atoms with Gasteiger partial charge in [0.25, 0.3) is 0 Å². The number of piperidine rings is 1. The van der Waals surface area contributed by atoms with Crippen molar-refractivity contribution in [2.75, 3.05) is 33.2 Å². The van der Waals surface area contributed by atoms with E-state index in [0.717, 1.165) is 32.5 Å². The van der Waals surface area contributed by atoms with Crippen LogP contribution in [0.15, 0.2) is 0 Å². The maximum absolute atomic E-state index is 12.1. The minimum absolute atomic E-state index is 0.0355. The van der Waals surface area contributed by atoms with Gasteiger partial charge in [-0.1, -0.05) is 0 Å². The first-order valence-corrected chi connectivity index (χ1v) is 5.86. The molecule has 88 valence electrons. The normalized spacial score (nSPS) is 19.3. The SMILES string of the molecule is CC(C(=O)N1CCCCC1)N(C)CCN. The van der Waals surface area contributed by atoms with Gasteiger partial charge in [0.2, 0.25) is 5.91 Å². The van der Waals surface area contributed by atoms with Crippen molar-refractivity contribution in [1.29, 1.82) is 0 Å². The average Bonchev–Trinajstić information content (AvgIpc) is 2.28. The lowest BCUT2D eigenvalue weighted by atomic mass is 10.1. The lowest BCUT2D eigenvalue weighted by Gasteiger charge is -2.32. The molecule has 15 heavy (non-hydrogen) atoms. The summed E-state index contributed by atoms with van der Waals surface area (Å²) in [6.45, 7) is 5.21. The zero-order valence-corrected chi connectivity index (χ0v) is 9.91. The van der Waals surface area contributed by atoms with Crippen molar-refractivity contribution >= 4 is 5.91 Å². The molecule has 4 heteroatoms. The molecule has 2 N–H and O–H groups in total. The van der Waals surface area contributed by atoms with Gasteiger partial charge in [-0.3, -0.25) is 9.69 Å². The molecule has 1 atom stereocenters. The third kappa shape index (κ3) is 3.47. The molecule has 1 unspecified atom stereocenters. The molecule has 0 spiro atoms. The van der Waals surface area contributed by atoms with E-state index in [-0.39, 0.29) is 11.9 Å². The molecule has 0 aromatic rings. The second-order valence-electron chi connectivity index (χ2n) is 4.33. The first kappa shape index (κ1) is 12.5. The van der Waals surface area contributed by atoms with Crippen LogP contribution in [-0.2, 0) is 4.79 Å². The topological polar surface area (TPSA) is 49.6 Å². The fraction of sp³-hybridized carbons (Fsp3) is 0.909. The lowest BCUT2D eigenvalue weighted by molar-refractivity contribution is -0.136. The highest BCUT2D eigenvalue weighted by atomic mass is 16.2. The Morgan fingerprint density at radius 2 is 2.00 bits per heavy atom. The number of amides is 1. The van der Waals surface area contributed by atoms with E-state index < -0.39 is 0 Å². The Bertz CT molecular complexity index is 202. The van der Waals surface area contributed by atoms with Crippen LogP contribution in [0.1, 0.15) is 26.2 Å². The van der Waals surface area contributed by atoms with E-state index >= 15 is 0 Å². The Morgan fingerprint density at radius 1 is 1.40 bits per heavy atom. The second-order valence-corrected chi connectivity index (χ2v) is 4.33. The summed E-state index contributed by atoms with van der Waals surface area (Å²) in [6.07, 6.45) is 3.56. The van der Waals surface area contributed by atoms with Crippen LogP contribution in [0, 0.1) is 0 Å². The standard InChI is InChI=1S/C11H23N3O/c1-10(13(2)9-6-12)11(15)14-7-4-3-5-8-14/h10H,3-9,12H2,1-2H3. The van der Waals surface area contributed by atoms with Crippen molar-refractivity contribution in [3.8, 4) is 0 Å². The fourth-order valence-electron chi connectivity index (χ4n) is 1.96. The lowest BCUT2D eigenvalue weighted by Crippen LogP contribution is -2.48. The molecule has 0 aromatic heterocycles. The maximum Gasteiger partial charge on any atom is 0.239 e. The Morgan fingerprint density at radius 3 is 2.53 bits per heavy atom. The molecular formula is C11H23N3O. The van der Waals surface area contributed by atoms with Crippen molar-refractivity contribution in [2.45, 2.75) is 32.2 Å². The summed E-state index contributed by atoms with van der Waals surface area (Å²) >= 11 is 0. The van der Waals surface area contributed by atoms with Gasteiger partial charge in [-0.05, 0) is 33.2 Å². The largest absolute Gasteiger partial charge is 0.341 e. The van der Waals surface area contributed by atoms with Crippen LogP contribution < -0.4 is 5.73 Å². The zero-order chi connectivity index (χ0) is 11.3. The molecule has 0 aliphatic carbocycles. The van der Waals surface area contributed by atoms with Crippen LogP contribution in [-0.4, -0.2) is 55.0 Å². The minimum Gasteiger partial charge on any atom is -0.341 e. The molecular weight excluding hydrogens is 190 g/mol. The second kappa shape index (κ2) is 6.08. The van der Waals surface area contributed by atoms with Crippen molar-refractivity contribution in [2.24, 2.45) is 5.73 Å². The minimum atomic E-state index is -0.0355. The number of carbonyl (C=O) groups is 1. The van der Waals surface area contributed by atoms with Crippen LogP contribution in [0.3, 0.4) is 0 Å². The van der Waals surface area contributed by atoms with Gasteiger partial charge in [-0.25, -0.2) is 0 Å². The van der Waals surface area contributed by atoms with Crippen molar-refractivity contribution in [1.82, 2.24) is 9.80 Å². The average molecular weight is 213 g/mol. The van der Waals surface area contributed by atoms with Crippen molar-refractivity contribution in [3.63, 3.8) is 0 Å². The monoisotopic (exact) mass is 213 g/mol. The first-order valence-electron chi connectivity index (χ1n) is 5.86. The summed E-state index contributed by atoms with van der Waals surface area (Å²) in [7, 11) is 1.96. The molecule has 1 rings (SSSR count). The predicted octanol–water partition coefficient (Wildman–Crippen LogP) is 0.278. The molecule has 0 bridgehead atoms. The number of likely N-dealkylation sites (N-methyl/N-ethyl adjacent to an activating group) is 1. The Kier molecular flexibility index (Phi) is 5.05. The third-order valence-corrected chi connectivity index (χ3v) is 3.17. The van der Waals surface area contributed by atoms with Crippen LogP contribution >= 0.6 is 0 Å². The van der Waals surface area contributed by atoms with E-state index in [2.05, 4.69) is 0 Å². The molecule has 1 fully saturated rings. The maximum atomic E-state index is 12.1. The highest BCUT2D eigenvalue weighted by Gasteiger charge is 2.24. The van der Waals surface area contributed by atoms with Gasteiger partial charge < -0.3 is 10.6 Å². The Hall–Kier alpha value is -0.610. The number of hydrogen-bond acceptors (Lipinski definition) is 3. The summed E-state index contributed by atoms with van der Waals surface area (Å²) in [4.78, 5) is 16.1. The van der Waals surface area contributed by atoms with Gasteiger partial charge in [-0.2, -0.15) is 0 Å². The number of rotatable bonds is 4. The molecule has 4 nitrogen and oxygen atoms in total. The van der Waals surface area contributed by atoms with Gasteiger partial charge in [0, 0.05) is 26.2 Å². The fourth-order valence-corrected chi connectivity index (χ4v) is 1.96. The van der Waals surface area contributed by atoms with Gasteiger partial charge in [0.15, 0.2) is 0 Å². The number of hydrogen-bond donors (Lipinski definition) is 1. The predicted molar refractivity (Wildman–Crippen MR) is 61.6 cm³/mol. The summed E-state index contributed by atoms with van der Waals surface area (Å²) in [5.74, 6) is 0.255. The van der Waals surface area contributed by atoms with E-state index in [0.29, 0.717) is 6.54 Å². The van der Waals surface area contributed by atoms with Gasteiger partial charge in [0.05, 0.1) is 6.04 Å². The number of carbonyl (C=O) groups excluding carboxylic acids is 1.